The summed E-state index contributed by atoms with van der Waals surface area (Å²) in [4.78, 5) is 12.7. The molecular weight excluding hydrogens is 244 g/mol. The first kappa shape index (κ1) is 13.1. The normalized spacial score (nSPS) is 13.8. The van der Waals surface area contributed by atoms with E-state index in [1.54, 1.807) is 0 Å². The first-order chi connectivity index (χ1) is 9.53. The quantitative estimate of drug-likeness (QED) is 0.665. The molecule has 1 heteroatoms. The summed E-state index contributed by atoms with van der Waals surface area (Å²) in [5.74, 6) is 0.176. The highest BCUT2D eigenvalue weighted by Crippen LogP contribution is 2.32. The van der Waals surface area contributed by atoms with Crippen LogP contribution in [-0.2, 0) is 11.8 Å². The van der Waals surface area contributed by atoms with Gasteiger partial charge in [0.25, 0.3) is 0 Å². The van der Waals surface area contributed by atoms with E-state index >= 15 is 0 Å². The predicted octanol–water partition coefficient (Wildman–Crippen LogP) is 4.51. The molecule has 2 aromatic carbocycles. The molecule has 0 saturated carbocycles. The standard InChI is InChI=1S/C19H20O/c1-4-19(2,3)15-10-9-14-11-13-7-5-6-8-16(13)18(20)17(14)12-15/h5-10,12H,4,11H2,1-3H3. The molecule has 0 heterocycles. The van der Waals surface area contributed by atoms with Gasteiger partial charge in [0, 0.05) is 11.1 Å². The number of hydrogen-bond acceptors (Lipinski definition) is 1. The second-order valence-electron chi connectivity index (χ2n) is 6.27. The van der Waals surface area contributed by atoms with Crippen molar-refractivity contribution in [3.05, 3.63) is 70.3 Å². The minimum Gasteiger partial charge on any atom is -0.289 e. The van der Waals surface area contributed by atoms with Crippen LogP contribution in [0.3, 0.4) is 0 Å². The molecule has 0 unspecified atom stereocenters. The van der Waals surface area contributed by atoms with E-state index in [1.165, 1.54) is 5.56 Å². The summed E-state index contributed by atoms with van der Waals surface area (Å²) in [6.45, 7) is 6.66. The molecular formula is C19H20O. The van der Waals surface area contributed by atoms with Crippen LogP contribution in [0.4, 0.5) is 0 Å². The van der Waals surface area contributed by atoms with Crippen molar-refractivity contribution in [1.29, 1.82) is 0 Å². The van der Waals surface area contributed by atoms with Gasteiger partial charge in [-0.05, 0) is 41.0 Å². The molecule has 0 aromatic heterocycles. The summed E-state index contributed by atoms with van der Waals surface area (Å²) in [7, 11) is 0. The third-order valence-corrected chi connectivity index (χ3v) is 4.66. The summed E-state index contributed by atoms with van der Waals surface area (Å²) in [6.07, 6.45) is 1.93. The Morgan fingerprint density at radius 3 is 2.45 bits per heavy atom. The van der Waals surface area contributed by atoms with E-state index in [0.717, 1.165) is 35.1 Å². The van der Waals surface area contributed by atoms with Crippen LogP contribution in [0, 0.1) is 0 Å². The summed E-state index contributed by atoms with van der Waals surface area (Å²) < 4.78 is 0. The topological polar surface area (TPSA) is 17.1 Å². The van der Waals surface area contributed by atoms with Crippen molar-refractivity contribution in [1.82, 2.24) is 0 Å². The smallest absolute Gasteiger partial charge is 0.193 e. The molecule has 3 rings (SSSR count). The maximum Gasteiger partial charge on any atom is 0.193 e. The van der Waals surface area contributed by atoms with Gasteiger partial charge in [0.2, 0.25) is 0 Å². The van der Waals surface area contributed by atoms with Gasteiger partial charge in [-0.3, -0.25) is 4.79 Å². The highest BCUT2D eigenvalue weighted by molar-refractivity contribution is 6.12. The zero-order valence-electron chi connectivity index (χ0n) is 12.4. The largest absolute Gasteiger partial charge is 0.289 e. The molecule has 0 amide bonds. The highest BCUT2D eigenvalue weighted by atomic mass is 16.1. The fourth-order valence-corrected chi connectivity index (χ4v) is 2.81. The Morgan fingerprint density at radius 1 is 1.00 bits per heavy atom. The van der Waals surface area contributed by atoms with E-state index in [4.69, 9.17) is 0 Å². The molecule has 0 fully saturated rings. The molecule has 102 valence electrons. The maximum atomic E-state index is 12.7. The van der Waals surface area contributed by atoms with Crippen molar-refractivity contribution in [3.63, 3.8) is 0 Å². The van der Waals surface area contributed by atoms with Crippen molar-refractivity contribution >= 4 is 5.78 Å². The van der Waals surface area contributed by atoms with Gasteiger partial charge in [-0.15, -0.1) is 0 Å². The Bertz CT molecular complexity index is 680. The molecule has 0 N–H and O–H groups in total. The second kappa shape index (κ2) is 4.59. The van der Waals surface area contributed by atoms with Crippen LogP contribution in [-0.4, -0.2) is 5.78 Å². The van der Waals surface area contributed by atoms with E-state index in [-0.39, 0.29) is 11.2 Å². The van der Waals surface area contributed by atoms with Gasteiger partial charge in [-0.2, -0.15) is 0 Å². The van der Waals surface area contributed by atoms with Crippen molar-refractivity contribution < 1.29 is 4.79 Å². The van der Waals surface area contributed by atoms with Gasteiger partial charge in [0.1, 0.15) is 0 Å². The Balaban J connectivity index is 2.11. The average Bonchev–Trinajstić information content (AvgIpc) is 2.47. The van der Waals surface area contributed by atoms with E-state index in [0.29, 0.717) is 0 Å². The zero-order chi connectivity index (χ0) is 14.3. The van der Waals surface area contributed by atoms with Crippen molar-refractivity contribution in [3.8, 4) is 0 Å². The van der Waals surface area contributed by atoms with Gasteiger partial charge in [0.05, 0.1) is 0 Å². The number of fused-ring (bicyclic) bond motifs is 2. The van der Waals surface area contributed by atoms with Crippen LogP contribution in [0.2, 0.25) is 0 Å². The Kier molecular flexibility index (Phi) is 3.01. The molecule has 1 nitrogen and oxygen atoms in total. The summed E-state index contributed by atoms with van der Waals surface area (Å²) in [6, 6.07) is 14.4. The number of benzene rings is 2. The first-order valence-electron chi connectivity index (χ1n) is 7.29. The van der Waals surface area contributed by atoms with Crippen molar-refractivity contribution in [2.75, 3.05) is 0 Å². The lowest BCUT2D eigenvalue weighted by molar-refractivity contribution is 0.103. The average molecular weight is 264 g/mol. The lowest BCUT2D eigenvalue weighted by Crippen LogP contribution is -2.19. The number of ketones is 1. The molecule has 1 aliphatic carbocycles. The summed E-state index contributed by atoms with van der Waals surface area (Å²) in [5.41, 5.74) is 5.43. The Hall–Kier alpha value is -1.89. The number of carbonyl (C=O) groups excluding carboxylic acids is 1. The molecule has 1 aliphatic rings. The van der Waals surface area contributed by atoms with Crippen LogP contribution in [0.1, 0.15) is 59.8 Å². The van der Waals surface area contributed by atoms with E-state index < -0.39 is 0 Å². The SMILES string of the molecule is CCC(C)(C)c1ccc2c(c1)C(=O)c1ccccc1C2. The highest BCUT2D eigenvalue weighted by Gasteiger charge is 2.25. The molecule has 0 atom stereocenters. The fourth-order valence-electron chi connectivity index (χ4n) is 2.81. The van der Waals surface area contributed by atoms with E-state index in [2.05, 4.69) is 45.0 Å². The van der Waals surface area contributed by atoms with E-state index in [1.807, 2.05) is 18.2 Å². The predicted molar refractivity (Wildman–Crippen MR) is 82.4 cm³/mol. The molecule has 0 radical (unpaired) electrons. The molecule has 0 bridgehead atoms. The molecule has 0 saturated heterocycles. The van der Waals surface area contributed by atoms with Crippen LogP contribution >= 0.6 is 0 Å². The van der Waals surface area contributed by atoms with Gasteiger partial charge in [-0.1, -0.05) is 57.2 Å². The third-order valence-electron chi connectivity index (χ3n) is 4.66. The molecule has 20 heavy (non-hydrogen) atoms. The van der Waals surface area contributed by atoms with Gasteiger partial charge >= 0.3 is 0 Å². The monoisotopic (exact) mass is 264 g/mol. The third kappa shape index (κ3) is 1.98. The van der Waals surface area contributed by atoms with Crippen molar-refractivity contribution in [2.24, 2.45) is 0 Å². The molecule has 0 aliphatic heterocycles. The van der Waals surface area contributed by atoms with E-state index in [9.17, 15) is 4.79 Å². The zero-order valence-corrected chi connectivity index (χ0v) is 12.4. The molecule has 2 aromatic rings. The second-order valence-corrected chi connectivity index (χ2v) is 6.27. The van der Waals surface area contributed by atoms with Crippen LogP contribution in [0.15, 0.2) is 42.5 Å². The fraction of sp³-hybridized carbons (Fsp3) is 0.316. The lowest BCUT2D eigenvalue weighted by Gasteiger charge is -2.26. The summed E-state index contributed by atoms with van der Waals surface area (Å²) in [5, 5.41) is 0. The number of hydrogen-bond donors (Lipinski definition) is 0. The minimum absolute atomic E-state index is 0.117. The number of rotatable bonds is 2. The lowest BCUT2D eigenvalue weighted by atomic mass is 9.78. The number of carbonyl (C=O) groups is 1. The Morgan fingerprint density at radius 2 is 1.70 bits per heavy atom. The maximum absolute atomic E-state index is 12.7. The van der Waals surface area contributed by atoms with Crippen LogP contribution < -0.4 is 0 Å². The Labute approximate surface area is 120 Å². The van der Waals surface area contributed by atoms with Gasteiger partial charge in [-0.25, -0.2) is 0 Å². The van der Waals surface area contributed by atoms with Gasteiger partial charge in [0.15, 0.2) is 5.78 Å². The van der Waals surface area contributed by atoms with Crippen LogP contribution in [0.25, 0.3) is 0 Å². The van der Waals surface area contributed by atoms with Crippen LogP contribution in [0.5, 0.6) is 0 Å². The molecule has 0 spiro atoms. The summed E-state index contributed by atoms with van der Waals surface area (Å²) >= 11 is 0. The van der Waals surface area contributed by atoms with Crippen molar-refractivity contribution in [2.45, 2.75) is 39.0 Å². The minimum atomic E-state index is 0.117. The van der Waals surface area contributed by atoms with Gasteiger partial charge < -0.3 is 0 Å². The first-order valence-corrected chi connectivity index (χ1v) is 7.29.